The van der Waals surface area contributed by atoms with Gasteiger partial charge >= 0.3 is 0 Å². The minimum absolute atomic E-state index is 0.0316. The summed E-state index contributed by atoms with van der Waals surface area (Å²) in [5, 5.41) is 3.17. The van der Waals surface area contributed by atoms with Gasteiger partial charge in [0, 0.05) is 18.7 Å². The molecule has 1 aliphatic carbocycles. The van der Waals surface area contributed by atoms with Gasteiger partial charge in [-0.1, -0.05) is 0 Å². The molecule has 0 atom stereocenters. The predicted octanol–water partition coefficient (Wildman–Crippen LogP) is 1.20. The minimum atomic E-state index is -3.41. The molecule has 1 aromatic carbocycles. The zero-order chi connectivity index (χ0) is 14.6. The molecule has 20 heavy (non-hydrogen) atoms. The molecule has 0 saturated heterocycles. The fourth-order valence-corrected chi connectivity index (χ4v) is 2.78. The van der Waals surface area contributed by atoms with Crippen molar-refractivity contribution >= 4 is 15.7 Å². The van der Waals surface area contributed by atoms with E-state index in [1.807, 2.05) is 0 Å². The van der Waals surface area contributed by atoms with Crippen molar-refractivity contribution in [2.45, 2.75) is 18.9 Å². The molecule has 0 amide bonds. The molecule has 0 aliphatic heterocycles. The van der Waals surface area contributed by atoms with Gasteiger partial charge in [0.1, 0.15) is 11.5 Å². The molecule has 0 aromatic heterocycles. The summed E-state index contributed by atoms with van der Waals surface area (Å²) in [5.74, 6) is 1.06. The van der Waals surface area contributed by atoms with E-state index in [0.717, 1.165) is 12.8 Å². The van der Waals surface area contributed by atoms with E-state index in [9.17, 15) is 8.42 Å². The lowest BCUT2D eigenvalue weighted by Crippen LogP contribution is -2.28. The fraction of sp³-hybridized carbons (Fsp3) is 0.538. The molecule has 112 valence electrons. The lowest BCUT2D eigenvalue weighted by Gasteiger charge is -2.13. The number of rotatable bonds is 8. The minimum Gasteiger partial charge on any atom is -0.497 e. The molecule has 6 nitrogen and oxygen atoms in total. The van der Waals surface area contributed by atoms with E-state index in [4.69, 9.17) is 9.47 Å². The number of anilines is 1. The summed E-state index contributed by atoms with van der Waals surface area (Å²) in [6.07, 6.45) is 2.27. The van der Waals surface area contributed by atoms with Gasteiger partial charge in [-0.15, -0.1) is 0 Å². The average molecular weight is 300 g/mol. The third-order valence-electron chi connectivity index (χ3n) is 3.05. The Morgan fingerprint density at radius 2 is 2.00 bits per heavy atom. The van der Waals surface area contributed by atoms with E-state index in [2.05, 4.69) is 10.0 Å². The van der Waals surface area contributed by atoms with Crippen LogP contribution >= 0.6 is 0 Å². The number of hydrogen-bond acceptors (Lipinski definition) is 5. The highest BCUT2D eigenvalue weighted by atomic mass is 32.2. The van der Waals surface area contributed by atoms with E-state index in [-0.39, 0.29) is 5.75 Å². The summed E-state index contributed by atoms with van der Waals surface area (Å²) in [5.41, 5.74) is 0.387. The van der Waals surface area contributed by atoms with Crippen molar-refractivity contribution in [2.75, 3.05) is 31.2 Å². The molecule has 0 spiro atoms. The number of hydrogen-bond donors (Lipinski definition) is 2. The fourth-order valence-electron chi connectivity index (χ4n) is 1.80. The van der Waals surface area contributed by atoms with Crippen LogP contribution in [0, 0.1) is 0 Å². The van der Waals surface area contributed by atoms with Crippen molar-refractivity contribution in [2.24, 2.45) is 0 Å². The van der Waals surface area contributed by atoms with E-state index in [1.165, 1.54) is 14.2 Å². The van der Waals surface area contributed by atoms with Crippen molar-refractivity contribution in [1.29, 1.82) is 0 Å². The van der Waals surface area contributed by atoms with Gasteiger partial charge in [-0.3, -0.25) is 4.72 Å². The van der Waals surface area contributed by atoms with Gasteiger partial charge in [-0.2, -0.15) is 0 Å². The monoisotopic (exact) mass is 300 g/mol. The van der Waals surface area contributed by atoms with Crippen LogP contribution in [0.3, 0.4) is 0 Å². The molecular weight excluding hydrogens is 280 g/mol. The number of nitrogens with one attached hydrogen (secondary N) is 2. The lowest BCUT2D eigenvalue weighted by atomic mass is 10.3. The maximum absolute atomic E-state index is 12.0. The van der Waals surface area contributed by atoms with E-state index in [1.54, 1.807) is 18.2 Å². The quantitative estimate of drug-likeness (QED) is 0.754. The predicted molar refractivity (Wildman–Crippen MR) is 78.0 cm³/mol. The van der Waals surface area contributed by atoms with Gasteiger partial charge in [-0.25, -0.2) is 8.42 Å². The summed E-state index contributed by atoms with van der Waals surface area (Å²) in [4.78, 5) is 0. The Morgan fingerprint density at radius 3 is 2.60 bits per heavy atom. The molecule has 1 saturated carbocycles. The molecule has 7 heteroatoms. The first-order valence-corrected chi connectivity index (χ1v) is 8.15. The number of benzene rings is 1. The van der Waals surface area contributed by atoms with Crippen molar-refractivity contribution in [3.8, 4) is 11.5 Å². The third-order valence-corrected chi connectivity index (χ3v) is 4.33. The first-order valence-electron chi connectivity index (χ1n) is 6.50. The van der Waals surface area contributed by atoms with Gasteiger partial charge in [0.2, 0.25) is 10.0 Å². The van der Waals surface area contributed by atoms with Crippen LogP contribution < -0.4 is 19.5 Å². The van der Waals surface area contributed by atoms with Crippen molar-refractivity contribution in [3.63, 3.8) is 0 Å². The second-order valence-electron chi connectivity index (χ2n) is 4.72. The SMILES string of the molecule is COc1ccc(OC)c(NS(=O)(=O)CCNC2CC2)c1. The average Bonchev–Trinajstić information content (AvgIpc) is 3.22. The highest BCUT2D eigenvalue weighted by molar-refractivity contribution is 7.92. The Labute approximate surface area is 119 Å². The molecule has 0 radical (unpaired) electrons. The smallest absolute Gasteiger partial charge is 0.234 e. The Hall–Kier alpha value is -1.47. The Kier molecular flexibility index (Phi) is 4.72. The Balaban J connectivity index is 2.02. The van der Waals surface area contributed by atoms with Crippen LogP contribution in [0.15, 0.2) is 18.2 Å². The van der Waals surface area contributed by atoms with Crippen molar-refractivity contribution < 1.29 is 17.9 Å². The highest BCUT2D eigenvalue weighted by Crippen LogP contribution is 2.29. The zero-order valence-electron chi connectivity index (χ0n) is 11.7. The molecule has 2 N–H and O–H groups in total. The van der Waals surface area contributed by atoms with Gasteiger partial charge < -0.3 is 14.8 Å². The summed E-state index contributed by atoms with van der Waals surface area (Å²) in [6.45, 7) is 0.451. The topological polar surface area (TPSA) is 76.7 Å². The normalized spacial score (nSPS) is 14.9. The number of sulfonamides is 1. The van der Waals surface area contributed by atoms with Gasteiger partial charge in [0.25, 0.3) is 0 Å². The summed E-state index contributed by atoms with van der Waals surface area (Å²) in [6, 6.07) is 5.48. The lowest BCUT2D eigenvalue weighted by molar-refractivity contribution is 0.405. The van der Waals surface area contributed by atoms with Crippen LogP contribution in [0.2, 0.25) is 0 Å². The first kappa shape index (κ1) is 14.9. The first-order chi connectivity index (χ1) is 9.54. The molecule has 2 rings (SSSR count). The Morgan fingerprint density at radius 1 is 1.25 bits per heavy atom. The van der Waals surface area contributed by atoms with Gasteiger partial charge in [0.15, 0.2) is 0 Å². The van der Waals surface area contributed by atoms with Crippen LogP contribution in [0.5, 0.6) is 11.5 Å². The Bertz CT molecular complexity index is 555. The van der Waals surface area contributed by atoms with Crippen LogP contribution in [0.4, 0.5) is 5.69 Å². The molecular formula is C13H20N2O4S. The van der Waals surface area contributed by atoms with Crippen LogP contribution in [-0.4, -0.2) is 41.0 Å². The number of ether oxygens (including phenoxy) is 2. The second kappa shape index (κ2) is 6.32. The molecule has 1 aliphatic rings. The molecule has 1 fully saturated rings. The maximum atomic E-state index is 12.0. The van der Waals surface area contributed by atoms with E-state index in [0.29, 0.717) is 29.8 Å². The van der Waals surface area contributed by atoms with E-state index >= 15 is 0 Å². The molecule has 1 aromatic rings. The second-order valence-corrected chi connectivity index (χ2v) is 6.56. The van der Waals surface area contributed by atoms with Gasteiger partial charge in [0.05, 0.1) is 25.7 Å². The molecule has 0 unspecified atom stereocenters. The third kappa shape index (κ3) is 4.28. The standard InChI is InChI=1S/C13H20N2O4S/c1-18-11-5-6-13(19-2)12(9-11)15-20(16,17)8-7-14-10-3-4-10/h5-6,9-10,14-15H,3-4,7-8H2,1-2H3. The highest BCUT2D eigenvalue weighted by Gasteiger charge is 2.21. The van der Waals surface area contributed by atoms with Crippen molar-refractivity contribution in [1.82, 2.24) is 5.32 Å². The zero-order valence-corrected chi connectivity index (χ0v) is 12.5. The van der Waals surface area contributed by atoms with Crippen molar-refractivity contribution in [3.05, 3.63) is 18.2 Å². The largest absolute Gasteiger partial charge is 0.497 e. The van der Waals surface area contributed by atoms with E-state index < -0.39 is 10.0 Å². The van der Waals surface area contributed by atoms with Crippen LogP contribution in [0.1, 0.15) is 12.8 Å². The summed E-state index contributed by atoms with van der Waals surface area (Å²) < 4.78 is 36.8. The van der Waals surface area contributed by atoms with Crippen LogP contribution in [-0.2, 0) is 10.0 Å². The summed E-state index contributed by atoms with van der Waals surface area (Å²) in [7, 11) is -0.386. The number of methoxy groups -OCH3 is 2. The van der Waals surface area contributed by atoms with Gasteiger partial charge in [-0.05, 0) is 25.0 Å². The summed E-state index contributed by atoms with van der Waals surface area (Å²) >= 11 is 0. The maximum Gasteiger partial charge on any atom is 0.234 e. The molecule has 0 bridgehead atoms. The van der Waals surface area contributed by atoms with Crippen LogP contribution in [0.25, 0.3) is 0 Å². The molecule has 0 heterocycles.